The largest absolute Gasteiger partial charge is 0.352 e. The lowest BCUT2D eigenvalue weighted by molar-refractivity contribution is -0.133. The topological polar surface area (TPSA) is 85.8 Å². The summed E-state index contributed by atoms with van der Waals surface area (Å²) >= 11 is 0. The molecule has 1 aromatic rings. The van der Waals surface area contributed by atoms with Gasteiger partial charge in [0.05, 0.1) is 0 Å². The molecule has 2 amide bonds. The molecule has 0 bridgehead atoms. The van der Waals surface area contributed by atoms with E-state index in [1.165, 1.54) is 0 Å². The zero-order chi connectivity index (χ0) is 21.2. The van der Waals surface area contributed by atoms with Crippen LogP contribution in [0.5, 0.6) is 0 Å². The Morgan fingerprint density at radius 2 is 1.90 bits per heavy atom. The Morgan fingerprint density at radius 1 is 1.20 bits per heavy atom. The van der Waals surface area contributed by atoms with Gasteiger partial charge in [-0.15, -0.1) is 24.0 Å². The highest BCUT2D eigenvalue weighted by molar-refractivity contribution is 14.0. The molecule has 1 heterocycles. The van der Waals surface area contributed by atoms with E-state index in [9.17, 15) is 9.59 Å². The van der Waals surface area contributed by atoms with Crippen molar-refractivity contribution in [1.82, 2.24) is 20.9 Å². The van der Waals surface area contributed by atoms with Gasteiger partial charge in [-0.2, -0.15) is 0 Å². The molecule has 0 saturated carbocycles. The number of benzene rings is 1. The molecular weight excluding hydrogens is 493 g/mol. The quantitative estimate of drug-likeness (QED) is 0.209. The summed E-state index contributed by atoms with van der Waals surface area (Å²) in [6, 6.07) is 7.81. The first-order chi connectivity index (χ1) is 13.9. The van der Waals surface area contributed by atoms with Gasteiger partial charge in [0.1, 0.15) is 0 Å². The van der Waals surface area contributed by atoms with E-state index in [0.29, 0.717) is 25.2 Å². The summed E-state index contributed by atoms with van der Waals surface area (Å²) in [5, 5.41) is 9.63. The Kier molecular flexibility index (Phi) is 11.8. The van der Waals surface area contributed by atoms with E-state index in [1.54, 1.807) is 7.05 Å². The number of carbonyl (C=O) groups excluding carboxylic acids is 2. The molecule has 1 aliphatic heterocycles. The Balaban J connectivity index is 0.00000450. The average Bonchev–Trinajstić information content (AvgIpc) is 3.19. The molecule has 1 atom stereocenters. The number of aliphatic imine (C=N–C) groups is 1. The van der Waals surface area contributed by atoms with E-state index in [4.69, 9.17) is 0 Å². The second-order valence-electron chi connectivity index (χ2n) is 7.80. The van der Waals surface area contributed by atoms with Crippen LogP contribution in [0.4, 0.5) is 0 Å². The molecule has 8 heteroatoms. The van der Waals surface area contributed by atoms with Crippen molar-refractivity contribution < 1.29 is 9.59 Å². The maximum absolute atomic E-state index is 12.1. The Hall–Kier alpha value is -1.84. The lowest BCUT2D eigenvalue weighted by Crippen LogP contribution is -2.45. The van der Waals surface area contributed by atoms with Crippen LogP contribution in [0.15, 0.2) is 29.3 Å². The van der Waals surface area contributed by atoms with Crippen LogP contribution in [-0.4, -0.2) is 55.4 Å². The number of halogens is 1. The summed E-state index contributed by atoms with van der Waals surface area (Å²) < 4.78 is 0. The normalized spacial score (nSPS) is 16.2. The van der Waals surface area contributed by atoms with E-state index in [-0.39, 0.29) is 47.8 Å². The van der Waals surface area contributed by atoms with E-state index >= 15 is 0 Å². The number of carbonyl (C=O) groups is 2. The van der Waals surface area contributed by atoms with E-state index in [0.717, 1.165) is 37.3 Å². The number of nitrogens with zero attached hydrogens (tertiary/aromatic N) is 2. The number of hydrogen-bond donors (Lipinski definition) is 3. The third-order valence-electron chi connectivity index (χ3n) is 5.05. The lowest BCUT2D eigenvalue weighted by atomic mass is 10.1. The minimum atomic E-state index is -0.0304. The smallest absolute Gasteiger partial charge is 0.251 e. The van der Waals surface area contributed by atoms with Crippen molar-refractivity contribution in [2.45, 2.75) is 52.6 Å². The van der Waals surface area contributed by atoms with Gasteiger partial charge in [0.25, 0.3) is 5.91 Å². The minimum Gasteiger partial charge on any atom is -0.352 e. The Bertz CT molecular complexity index is 706. The molecule has 3 N–H and O–H groups in total. The third kappa shape index (κ3) is 8.12. The third-order valence-corrected chi connectivity index (χ3v) is 5.05. The summed E-state index contributed by atoms with van der Waals surface area (Å²) in [5.41, 5.74) is 1.74. The highest BCUT2D eigenvalue weighted by Gasteiger charge is 2.27. The predicted molar refractivity (Wildman–Crippen MR) is 132 cm³/mol. The van der Waals surface area contributed by atoms with Gasteiger partial charge in [-0.25, -0.2) is 0 Å². The first-order valence-electron chi connectivity index (χ1n) is 10.6. The molecule has 1 aromatic carbocycles. The van der Waals surface area contributed by atoms with Gasteiger partial charge in [-0.1, -0.05) is 39.3 Å². The highest BCUT2D eigenvalue weighted by Crippen LogP contribution is 2.12. The van der Waals surface area contributed by atoms with E-state index in [1.807, 2.05) is 43.0 Å². The SMILES string of the molecule is CCCCNC(=O)c1ccc(CNC(=NC)NC2CCN(C(=O)C(C)C)C2)cc1.I. The molecule has 1 fully saturated rings. The summed E-state index contributed by atoms with van der Waals surface area (Å²) in [6.45, 7) is 8.78. The maximum Gasteiger partial charge on any atom is 0.251 e. The summed E-state index contributed by atoms with van der Waals surface area (Å²) in [5.74, 6) is 0.923. The monoisotopic (exact) mass is 529 g/mol. The molecule has 0 aromatic heterocycles. The summed E-state index contributed by atoms with van der Waals surface area (Å²) in [4.78, 5) is 30.4. The number of likely N-dealkylation sites (tertiary alicyclic amines) is 1. The van der Waals surface area contributed by atoms with Crippen LogP contribution in [0.2, 0.25) is 0 Å². The molecule has 1 unspecified atom stereocenters. The lowest BCUT2D eigenvalue weighted by Gasteiger charge is -2.20. The molecular formula is C22H36IN5O2. The Morgan fingerprint density at radius 3 is 2.50 bits per heavy atom. The molecule has 7 nitrogen and oxygen atoms in total. The number of rotatable bonds is 8. The van der Waals surface area contributed by atoms with E-state index < -0.39 is 0 Å². The molecule has 168 valence electrons. The van der Waals surface area contributed by atoms with Gasteiger partial charge in [0, 0.05) is 50.7 Å². The van der Waals surface area contributed by atoms with Gasteiger partial charge in [0.15, 0.2) is 5.96 Å². The van der Waals surface area contributed by atoms with Crippen LogP contribution in [0, 0.1) is 5.92 Å². The standard InChI is InChI=1S/C22H35N5O2.HI/c1-5-6-12-24-20(28)18-9-7-17(8-10-18)14-25-22(23-4)26-19-11-13-27(15-19)21(29)16(2)3;/h7-10,16,19H,5-6,11-15H2,1-4H3,(H,24,28)(H2,23,25,26);1H. The van der Waals surface area contributed by atoms with Crippen molar-refractivity contribution in [2.75, 3.05) is 26.7 Å². The van der Waals surface area contributed by atoms with Crippen molar-refractivity contribution in [3.8, 4) is 0 Å². The minimum absolute atomic E-state index is 0. The van der Waals surface area contributed by atoms with Crippen LogP contribution in [0.3, 0.4) is 0 Å². The molecule has 2 rings (SSSR count). The van der Waals surface area contributed by atoms with Gasteiger partial charge in [-0.3, -0.25) is 14.6 Å². The molecule has 1 saturated heterocycles. The van der Waals surface area contributed by atoms with Crippen LogP contribution < -0.4 is 16.0 Å². The molecule has 1 aliphatic rings. The van der Waals surface area contributed by atoms with Crippen LogP contribution in [-0.2, 0) is 11.3 Å². The van der Waals surface area contributed by atoms with Crippen molar-refractivity contribution in [2.24, 2.45) is 10.9 Å². The van der Waals surface area contributed by atoms with Gasteiger partial charge < -0.3 is 20.9 Å². The van der Waals surface area contributed by atoms with Crippen LogP contribution in [0.1, 0.15) is 56.0 Å². The van der Waals surface area contributed by atoms with E-state index in [2.05, 4.69) is 27.9 Å². The summed E-state index contributed by atoms with van der Waals surface area (Å²) in [7, 11) is 1.74. The predicted octanol–water partition coefficient (Wildman–Crippen LogP) is 2.76. The maximum atomic E-state index is 12.1. The molecule has 0 aliphatic carbocycles. The number of guanidine groups is 1. The fourth-order valence-electron chi connectivity index (χ4n) is 3.27. The zero-order valence-corrected chi connectivity index (χ0v) is 20.9. The average molecular weight is 529 g/mol. The molecule has 0 radical (unpaired) electrons. The fraction of sp³-hybridized carbons (Fsp3) is 0.591. The molecule has 30 heavy (non-hydrogen) atoms. The van der Waals surface area contributed by atoms with Crippen molar-refractivity contribution >= 4 is 41.8 Å². The van der Waals surface area contributed by atoms with Crippen molar-refractivity contribution in [3.63, 3.8) is 0 Å². The van der Waals surface area contributed by atoms with Crippen molar-refractivity contribution in [1.29, 1.82) is 0 Å². The van der Waals surface area contributed by atoms with Gasteiger partial charge in [-0.05, 0) is 30.5 Å². The number of amides is 2. The fourth-order valence-corrected chi connectivity index (χ4v) is 3.27. The zero-order valence-electron chi connectivity index (χ0n) is 18.5. The van der Waals surface area contributed by atoms with Crippen LogP contribution in [0.25, 0.3) is 0 Å². The second kappa shape index (κ2) is 13.5. The van der Waals surface area contributed by atoms with Crippen LogP contribution >= 0.6 is 24.0 Å². The number of unbranched alkanes of at least 4 members (excludes halogenated alkanes) is 1. The highest BCUT2D eigenvalue weighted by atomic mass is 127. The second-order valence-corrected chi connectivity index (χ2v) is 7.80. The molecule has 0 spiro atoms. The van der Waals surface area contributed by atoms with Gasteiger partial charge in [0.2, 0.25) is 5.91 Å². The first kappa shape index (κ1) is 26.2. The first-order valence-corrected chi connectivity index (χ1v) is 10.6. The summed E-state index contributed by atoms with van der Waals surface area (Å²) in [6.07, 6.45) is 2.97. The number of nitrogens with one attached hydrogen (secondary N) is 3. The van der Waals surface area contributed by atoms with Crippen molar-refractivity contribution in [3.05, 3.63) is 35.4 Å². The Labute approximate surface area is 197 Å². The number of hydrogen-bond acceptors (Lipinski definition) is 3. The van der Waals surface area contributed by atoms with Gasteiger partial charge >= 0.3 is 0 Å².